The van der Waals surface area contributed by atoms with Crippen molar-refractivity contribution in [2.45, 2.75) is 110 Å². The Kier molecular flexibility index (Phi) is 18.5. The summed E-state index contributed by atoms with van der Waals surface area (Å²) in [6.07, 6.45) is -12.6. The van der Waals surface area contributed by atoms with E-state index in [1.807, 2.05) is 37.3 Å². The van der Waals surface area contributed by atoms with Gasteiger partial charge in [0.15, 0.2) is 30.9 Å². The van der Waals surface area contributed by atoms with Gasteiger partial charge < -0.3 is 62.7 Å². The van der Waals surface area contributed by atoms with Crippen LogP contribution in [0.2, 0.25) is 0 Å². The van der Waals surface area contributed by atoms with E-state index in [1.165, 1.54) is 14.0 Å². The fourth-order valence-corrected chi connectivity index (χ4v) is 5.92. The molecular formula is C36H52N2O17. The first-order valence-corrected chi connectivity index (χ1v) is 17.9. The third-order valence-corrected chi connectivity index (χ3v) is 8.33. The first-order valence-electron chi connectivity index (χ1n) is 17.9. The first-order chi connectivity index (χ1) is 26.2. The van der Waals surface area contributed by atoms with Crippen LogP contribution >= 0.6 is 0 Å². The monoisotopic (exact) mass is 784 g/mol. The second-order valence-electron chi connectivity index (χ2n) is 12.6. The molecule has 19 nitrogen and oxygen atoms in total. The Balaban J connectivity index is 1.81. The highest BCUT2D eigenvalue weighted by Crippen LogP contribution is 2.37. The first kappa shape index (κ1) is 44.8. The van der Waals surface area contributed by atoms with Gasteiger partial charge in [-0.05, 0) is 12.0 Å². The zero-order valence-electron chi connectivity index (χ0n) is 32.1. The highest BCUT2D eigenvalue weighted by molar-refractivity contribution is 5.69. The minimum atomic E-state index is -1.64. The predicted octanol–water partition coefficient (Wildman–Crippen LogP) is 1.91. The summed E-state index contributed by atoms with van der Waals surface area (Å²) in [6.45, 7) is 8.13. The summed E-state index contributed by atoms with van der Waals surface area (Å²) in [6, 6.07) is 9.21. The molecule has 0 saturated carbocycles. The van der Waals surface area contributed by atoms with Crippen LogP contribution in [0, 0.1) is 5.92 Å². The summed E-state index contributed by atoms with van der Waals surface area (Å²) < 4.78 is 63.2. The van der Waals surface area contributed by atoms with Crippen molar-refractivity contribution in [1.29, 1.82) is 0 Å². The topological polar surface area (TPSA) is 228 Å². The maximum atomic E-state index is 12.6. The lowest BCUT2D eigenvalue weighted by Gasteiger charge is -2.48. The SMILES string of the molecule is CC[C@@H]1OC(OCCOCCNC(=O)OCc2ccccc2)[C@@H](O[C@H]2O[C@H](COC(C)=O)[C@@H](OC(C)=O)[C@H](OC(C)=O)[C@@H]2OC(=O)NC)[C@@H](OC(C)=O)[C@@H]1C. The Bertz CT molecular complexity index is 1410. The molecule has 1 aromatic rings. The van der Waals surface area contributed by atoms with Gasteiger partial charge in [-0.2, -0.15) is 0 Å². The number of benzene rings is 1. The molecule has 55 heavy (non-hydrogen) atoms. The molecule has 2 aliphatic heterocycles. The van der Waals surface area contributed by atoms with Crippen molar-refractivity contribution in [1.82, 2.24) is 10.6 Å². The van der Waals surface area contributed by atoms with Crippen LogP contribution in [0.1, 0.15) is 53.5 Å². The van der Waals surface area contributed by atoms with Gasteiger partial charge in [0.05, 0.1) is 25.9 Å². The van der Waals surface area contributed by atoms with Crippen LogP contribution in [0.3, 0.4) is 0 Å². The molecular weight excluding hydrogens is 732 g/mol. The quantitative estimate of drug-likeness (QED) is 0.123. The Morgan fingerprint density at radius 2 is 1.31 bits per heavy atom. The van der Waals surface area contributed by atoms with Gasteiger partial charge >= 0.3 is 36.1 Å². The second-order valence-corrected chi connectivity index (χ2v) is 12.6. The van der Waals surface area contributed by atoms with E-state index in [2.05, 4.69) is 10.6 Å². The molecule has 2 saturated heterocycles. The van der Waals surface area contributed by atoms with Gasteiger partial charge in [-0.3, -0.25) is 19.2 Å². The second kappa shape index (κ2) is 22.7. The molecule has 308 valence electrons. The van der Waals surface area contributed by atoms with Crippen molar-refractivity contribution in [2.24, 2.45) is 5.92 Å². The van der Waals surface area contributed by atoms with E-state index in [9.17, 15) is 28.8 Å². The highest BCUT2D eigenvalue weighted by Gasteiger charge is 2.56. The van der Waals surface area contributed by atoms with Gasteiger partial charge in [0.1, 0.15) is 31.5 Å². The molecule has 2 N–H and O–H groups in total. The minimum Gasteiger partial charge on any atom is -0.463 e. The number of alkyl carbamates (subject to hydrolysis) is 2. The summed E-state index contributed by atoms with van der Waals surface area (Å²) in [5.41, 5.74) is 0.843. The van der Waals surface area contributed by atoms with E-state index in [0.29, 0.717) is 6.42 Å². The largest absolute Gasteiger partial charge is 0.463 e. The standard InChI is InChI=1S/C36H52N2O17/c1-8-26-20(2)28(49-22(4)40)31(33(52-26)46-17-16-45-15-14-38-36(44)48-18-25-12-10-9-11-13-25)54-34-32(55-35(43)37-7)30(51-24(6)42)29(50-23(5)41)27(53-34)19-47-21(3)39/h9-13,20,26-34H,8,14-19H2,1-7H3,(H,37,43)(H,38,44)/t20-,26+,27-,28+,29-,30+,31+,32+,33?,34-/m1/s1. The molecule has 0 radical (unpaired) electrons. The maximum absolute atomic E-state index is 12.6. The van der Waals surface area contributed by atoms with Gasteiger partial charge in [-0.1, -0.05) is 44.2 Å². The predicted molar refractivity (Wildman–Crippen MR) is 186 cm³/mol. The molecule has 1 aromatic carbocycles. The summed E-state index contributed by atoms with van der Waals surface area (Å²) in [7, 11) is 1.29. The number of carbonyl (C=O) groups is 6. The third kappa shape index (κ3) is 14.6. The van der Waals surface area contributed by atoms with Crippen molar-refractivity contribution in [3.05, 3.63) is 35.9 Å². The third-order valence-electron chi connectivity index (χ3n) is 8.33. The average molecular weight is 785 g/mol. The number of esters is 4. The highest BCUT2D eigenvalue weighted by atomic mass is 16.8. The van der Waals surface area contributed by atoms with E-state index in [1.54, 1.807) is 6.92 Å². The zero-order chi connectivity index (χ0) is 40.5. The number of rotatable bonds is 18. The van der Waals surface area contributed by atoms with Crippen molar-refractivity contribution in [2.75, 3.05) is 40.0 Å². The van der Waals surface area contributed by atoms with Crippen molar-refractivity contribution in [3.63, 3.8) is 0 Å². The Morgan fingerprint density at radius 1 is 0.673 bits per heavy atom. The molecule has 19 heteroatoms. The Labute approximate surface area is 319 Å². The molecule has 2 heterocycles. The molecule has 3 rings (SSSR count). The lowest BCUT2D eigenvalue weighted by atomic mass is 9.88. The molecule has 2 amide bonds. The van der Waals surface area contributed by atoms with Gasteiger partial charge in [-0.15, -0.1) is 0 Å². The van der Waals surface area contributed by atoms with Crippen molar-refractivity contribution >= 4 is 36.1 Å². The Hall–Kier alpha value is -4.56. The number of carbonyl (C=O) groups excluding carboxylic acids is 6. The Morgan fingerprint density at radius 3 is 1.93 bits per heavy atom. The normalized spacial score (nSPS) is 27.5. The van der Waals surface area contributed by atoms with E-state index in [-0.39, 0.29) is 33.0 Å². The number of nitrogens with one attached hydrogen (secondary N) is 2. The van der Waals surface area contributed by atoms with Crippen molar-refractivity contribution < 1.29 is 80.9 Å². The smallest absolute Gasteiger partial charge is 0.407 e. The summed E-state index contributed by atoms with van der Waals surface area (Å²) >= 11 is 0. The molecule has 2 aliphatic rings. The molecule has 10 atom stereocenters. The lowest BCUT2D eigenvalue weighted by Crippen LogP contribution is -2.66. The number of hydrogen-bond acceptors (Lipinski definition) is 17. The fraction of sp³-hybridized carbons (Fsp3) is 0.667. The average Bonchev–Trinajstić information content (AvgIpc) is 3.13. The van der Waals surface area contributed by atoms with Crippen molar-refractivity contribution in [3.8, 4) is 0 Å². The van der Waals surface area contributed by atoms with Gasteiger partial charge in [0, 0.05) is 47.2 Å². The van der Waals surface area contributed by atoms with E-state index in [4.69, 9.17) is 52.1 Å². The van der Waals surface area contributed by atoms with Gasteiger partial charge in [-0.25, -0.2) is 9.59 Å². The lowest BCUT2D eigenvalue weighted by molar-refractivity contribution is -0.362. The number of ether oxygens (including phenoxy) is 11. The zero-order valence-corrected chi connectivity index (χ0v) is 32.1. The van der Waals surface area contributed by atoms with Crippen LogP contribution in [-0.2, 0) is 77.9 Å². The van der Waals surface area contributed by atoms with Crippen LogP contribution in [-0.4, -0.2) is 131 Å². The minimum absolute atomic E-state index is 0.0449. The summed E-state index contributed by atoms with van der Waals surface area (Å²) in [5, 5.41) is 4.89. The number of amides is 2. The summed E-state index contributed by atoms with van der Waals surface area (Å²) in [4.78, 5) is 73.4. The molecule has 0 spiro atoms. The van der Waals surface area contributed by atoms with Crippen LogP contribution in [0.5, 0.6) is 0 Å². The molecule has 0 aliphatic carbocycles. The van der Waals surface area contributed by atoms with Crippen LogP contribution < -0.4 is 10.6 Å². The number of hydrogen-bond donors (Lipinski definition) is 2. The van der Waals surface area contributed by atoms with E-state index >= 15 is 0 Å². The maximum Gasteiger partial charge on any atom is 0.407 e. The van der Waals surface area contributed by atoms with E-state index in [0.717, 1.165) is 26.3 Å². The fourth-order valence-electron chi connectivity index (χ4n) is 5.92. The molecule has 0 aromatic heterocycles. The van der Waals surface area contributed by atoms with Gasteiger partial charge in [0.2, 0.25) is 0 Å². The molecule has 1 unspecified atom stereocenters. The van der Waals surface area contributed by atoms with E-state index < -0.39 is 104 Å². The molecule has 0 bridgehead atoms. The molecule has 2 fully saturated rings. The summed E-state index contributed by atoms with van der Waals surface area (Å²) in [5.74, 6) is -3.43. The van der Waals surface area contributed by atoms with Crippen LogP contribution in [0.25, 0.3) is 0 Å². The van der Waals surface area contributed by atoms with Gasteiger partial charge in [0.25, 0.3) is 0 Å². The van der Waals surface area contributed by atoms with Crippen LogP contribution in [0.15, 0.2) is 30.3 Å². The van der Waals surface area contributed by atoms with Crippen LogP contribution in [0.4, 0.5) is 9.59 Å².